The molecule has 0 amide bonds. The number of rotatable bonds is 5. The molecule has 0 N–H and O–H groups in total. The van der Waals surface area contributed by atoms with Gasteiger partial charge < -0.3 is 9.47 Å². The Balaban J connectivity index is 1.73. The molecule has 0 spiro atoms. The highest BCUT2D eigenvalue weighted by molar-refractivity contribution is 5.28. The number of benzene rings is 1. The fourth-order valence-corrected chi connectivity index (χ4v) is 2.40. The second-order valence-electron chi connectivity index (χ2n) is 4.73. The van der Waals surface area contributed by atoms with E-state index in [9.17, 15) is 0 Å². The minimum Gasteiger partial charge on any atom is -0.497 e. The Hall–Kier alpha value is -1.02. The van der Waals surface area contributed by atoms with Crippen molar-refractivity contribution in [2.24, 2.45) is 0 Å². The van der Waals surface area contributed by atoms with Gasteiger partial charge in [0.1, 0.15) is 5.75 Å². The Bertz CT molecular complexity index is 329. The summed E-state index contributed by atoms with van der Waals surface area (Å²) in [4.78, 5) is 0. The van der Waals surface area contributed by atoms with E-state index in [2.05, 4.69) is 12.1 Å². The van der Waals surface area contributed by atoms with Crippen molar-refractivity contribution in [2.45, 2.75) is 44.6 Å². The van der Waals surface area contributed by atoms with Gasteiger partial charge >= 0.3 is 0 Å². The van der Waals surface area contributed by atoms with Crippen LogP contribution in [0.2, 0.25) is 0 Å². The van der Waals surface area contributed by atoms with Gasteiger partial charge in [0.05, 0.1) is 19.8 Å². The summed E-state index contributed by atoms with van der Waals surface area (Å²) in [6, 6.07) is 8.23. The smallest absolute Gasteiger partial charge is 0.119 e. The lowest BCUT2D eigenvalue weighted by Gasteiger charge is -2.21. The van der Waals surface area contributed by atoms with Gasteiger partial charge in [0, 0.05) is 0 Å². The molecular formula is C15H22O2. The summed E-state index contributed by atoms with van der Waals surface area (Å²) in [7, 11) is 1.71. The Morgan fingerprint density at radius 2 is 2.00 bits per heavy atom. The largest absolute Gasteiger partial charge is 0.497 e. The first-order chi connectivity index (χ1) is 8.38. The molecule has 2 heteroatoms. The van der Waals surface area contributed by atoms with Crippen molar-refractivity contribution in [1.29, 1.82) is 0 Å². The van der Waals surface area contributed by atoms with Gasteiger partial charge in [0.15, 0.2) is 0 Å². The van der Waals surface area contributed by atoms with Crippen LogP contribution in [0.25, 0.3) is 0 Å². The SMILES string of the molecule is COc1cccc(CCOC2CCCCC2)c1. The average molecular weight is 234 g/mol. The molecule has 0 atom stereocenters. The topological polar surface area (TPSA) is 18.5 Å². The Morgan fingerprint density at radius 3 is 2.76 bits per heavy atom. The summed E-state index contributed by atoms with van der Waals surface area (Å²) in [5.41, 5.74) is 1.29. The van der Waals surface area contributed by atoms with Crippen molar-refractivity contribution in [1.82, 2.24) is 0 Å². The van der Waals surface area contributed by atoms with E-state index >= 15 is 0 Å². The molecule has 1 aromatic carbocycles. The van der Waals surface area contributed by atoms with Gasteiger partial charge in [-0.15, -0.1) is 0 Å². The Morgan fingerprint density at radius 1 is 1.18 bits per heavy atom. The van der Waals surface area contributed by atoms with Gasteiger partial charge in [-0.3, -0.25) is 0 Å². The lowest BCUT2D eigenvalue weighted by Crippen LogP contribution is -2.17. The van der Waals surface area contributed by atoms with Gasteiger partial charge in [0.2, 0.25) is 0 Å². The zero-order valence-electron chi connectivity index (χ0n) is 10.7. The van der Waals surface area contributed by atoms with Crippen molar-refractivity contribution >= 4 is 0 Å². The zero-order valence-corrected chi connectivity index (χ0v) is 10.7. The molecule has 1 aromatic rings. The summed E-state index contributed by atoms with van der Waals surface area (Å²) in [5.74, 6) is 0.931. The molecule has 2 rings (SSSR count). The third-order valence-electron chi connectivity index (χ3n) is 3.43. The highest BCUT2D eigenvalue weighted by Crippen LogP contribution is 2.20. The quantitative estimate of drug-likeness (QED) is 0.775. The number of ether oxygens (including phenoxy) is 2. The van der Waals surface area contributed by atoms with Crippen LogP contribution in [0.15, 0.2) is 24.3 Å². The first kappa shape index (κ1) is 12.4. The summed E-state index contributed by atoms with van der Waals surface area (Å²) in [6.45, 7) is 0.831. The fourth-order valence-electron chi connectivity index (χ4n) is 2.40. The monoisotopic (exact) mass is 234 g/mol. The molecule has 1 fully saturated rings. The maximum atomic E-state index is 5.92. The van der Waals surface area contributed by atoms with Crippen LogP contribution < -0.4 is 4.74 Å². The van der Waals surface area contributed by atoms with Gasteiger partial charge in [-0.1, -0.05) is 31.4 Å². The minimum absolute atomic E-state index is 0.509. The molecule has 0 aliphatic heterocycles. The van der Waals surface area contributed by atoms with E-state index in [-0.39, 0.29) is 0 Å². The summed E-state index contributed by atoms with van der Waals surface area (Å²) < 4.78 is 11.1. The lowest BCUT2D eigenvalue weighted by atomic mass is 9.98. The third kappa shape index (κ3) is 4.04. The first-order valence-corrected chi connectivity index (χ1v) is 6.63. The molecule has 1 saturated carbocycles. The highest BCUT2D eigenvalue weighted by Gasteiger charge is 2.13. The molecule has 0 unspecified atom stereocenters. The average Bonchev–Trinajstić information content (AvgIpc) is 2.40. The van der Waals surface area contributed by atoms with Gasteiger partial charge in [-0.2, -0.15) is 0 Å². The van der Waals surface area contributed by atoms with Gasteiger partial charge in [0.25, 0.3) is 0 Å². The Labute approximate surface area is 104 Å². The molecule has 17 heavy (non-hydrogen) atoms. The molecule has 1 aliphatic carbocycles. The van der Waals surface area contributed by atoms with Crippen LogP contribution in [-0.4, -0.2) is 19.8 Å². The lowest BCUT2D eigenvalue weighted by molar-refractivity contribution is 0.0303. The first-order valence-electron chi connectivity index (χ1n) is 6.63. The van der Waals surface area contributed by atoms with E-state index in [1.165, 1.54) is 37.7 Å². The Kier molecular flexibility index (Phi) is 4.87. The molecule has 0 bridgehead atoms. The highest BCUT2D eigenvalue weighted by atomic mass is 16.5. The summed E-state index contributed by atoms with van der Waals surface area (Å²) in [6.07, 6.45) is 8.04. The van der Waals surface area contributed by atoms with Crippen LogP contribution in [0, 0.1) is 0 Å². The van der Waals surface area contributed by atoms with Crippen LogP contribution in [0.5, 0.6) is 5.75 Å². The van der Waals surface area contributed by atoms with Crippen LogP contribution in [0.4, 0.5) is 0 Å². The van der Waals surface area contributed by atoms with Gasteiger partial charge in [-0.25, -0.2) is 0 Å². The van der Waals surface area contributed by atoms with E-state index < -0.39 is 0 Å². The molecule has 94 valence electrons. The molecular weight excluding hydrogens is 212 g/mol. The molecule has 0 saturated heterocycles. The van der Waals surface area contributed by atoms with Crippen LogP contribution in [0.1, 0.15) is 37.7 Å². The number of hydrogen-bond acceptors (Lipinski definition) is 2. The fraction of sp³-hybridized carbons (Fsp3) is 0.600. The number of methoxy groups -OCH3 is 1. The molecule has 0 heterocycles. The number of hydrogen-bond donors (Lipinski definition) is 0. The second kappa shape index (κ2) is 6.65. The predicted octanol–water partition coefficient (Wildman–Crippen LogP) is 3.59. The maximum Gasteiger partial charge on any atom is 0.119 e. The zero-order chi connectivity index (χ0) is 11.9. The molecule has 1 aliphatic rings. The van der Waals surface area contributed by atoms with Crippen LogP contribution in [-0.2, 0) is 11.2 Å². The normalized spacial score (nSPS) is 17.0. The standard InChI is InChI=1S/C15H22O2/c1-16-15-9-5-6-13(12-15)10-11-17-14-7-3-2-4-8-14/h5-6,9,12,14H,2-4,7-8,10-11H2,1H3. The molecule has 2 nitrogen and oxygen atoms in total. The van der Waals surface area contributed by atoms with E-state index in [4.69, 9.17) is 9.47 Å². The third-order valence-corrected chi connectivity index (χ3v) is 3.43. The van der Waals surface area contributed by atoms with E-state index in [0.29, 0.717) is 6.10 Å². The van der Waals surface area contributed by atoms with Crippen molar-refractivity contribution < 1.29 is 9.47 Å². The summed E-state index contributed by atoms with van der Waals surface area (Å²) >= 11 is 0. The second-order valence-corrected chi connectivity index (χ2v) is 4.73. The van der Waals surface area contributed by atoms with E-state index in [1.807, 2.05) is 12.1 Å². The minimum atomic E-state index is 0.509. The summed E-state index contributed by atoms with van der Waals surface area (Å²) in [5, 5.41) is 0. The predicted molar refractivity (Wildman–Crippen MR) is 69.5 cm³/mol. The van der Waals surface area contributed by atoms with Crippen molar-refractivity contribution in [3.63, 3.8) is 0 Å². The van der Waals surface area contributed by atoms with Crippen molar-refractivity contribution in [2.75, 3.05) is 13.7 Å². The van der Waals surface area contributed by atoms with Crippen LogP contribution >= 0.6 is 0 Å². The van der Waals surface area contributed by atoms with E-state index in [1.54, 1.807) is 7.11 Å². The van der Waals surface area contributed by atoms with Gasteiger partial charge in [-0.05, 0) is 37.0 Å². The van der Waals surface area contributed by atoms with Crippen molar-refractivity contribution in [3.05, 3.63) is 29.8 Å². The maximum absolute atomic E-state index is 5.92. The van der Waals surface area contributed by atoms with Crippen molar-refractivity contribution in [3.8, 4) is 5.75 Å². The molecule has 0 radical (unpaired) electrons. The van der Waals surface area contributed by atoms with Crippen LogP contribution in [0.3, 0.4) is 0 Å². The van der Waals surface area contributed by atoms with E-state index in [0.717, 1.165) is 18.8 Å². The molecule has 0 aromatic heterocycles.